The molecule has 1 amide bonds. The zero-order valence-electron chi connectivity index (χ0n) is 9.32. The molecule has 0 radical (unpaired) electrons. The van der Waals surface area contributed by atoms with Gasteiger partial charge in [0, 0.05) is 13.1 Å². The quantitative estimate of drug-likeness (QED) is 0.806. The fourth-order valence-corrected chi connectivity index (χ4v) is 1.59. The van der Waals surface area contributed by atoms with E-state index in [0.717, 1.165) is 18.7 Å². The highest BCUT2D eigenvalue weighted by molar-refractivity contribution is 5.68. The number of ether oxygens (including phenoxy) is 1. The molecule has 2 N–H and O–H groups in total. The first-order valence-electron chi connectivity index (χ1n) is 5.38. The van der Waals surface area contributed by atoms with Crippen molar-refractivity contribution in [1.29, 1.82) is 0 Å². The molecule has 1 heterocycles. The van der Waals surface area contributed by atoms with E-state index in [4.69, 9.17) is 4.74 Å². The number of alkyl carbamates (subject to hydrolysis) is 1. The van der Waals surface area contributed by atoms with E-state index in [9.17, 15) is 4.79 Å². The van der Waals surface area contributed by atoms with E-state index in [-0.39, 0.29) is 11.6 Å². The van der Waals surface area contributed by atoms with Crippen molar-refractivity contribution in [3.63, 3.8) is 0 Å². The standard InChI is InChI=1S/C12H16N2O2/c1-12(8-13-9-12)14-11(15)16-7-10-5-3-2-4-6-10/h2-6,13H,7-9H2,1H3,(H,14,15). The van der Waals surface area contributed by atoms with E-state index in [2.05, 4.69) is 10.6 Å². The molecule has 0 atom stereocenters. The molecule has 86 valence electrons. The summed E-state index contributed by atoms with van der Waals surface area (Å²) in [4.78, 5) is 11.5. The van der Waals surface area contributed by atoms with Crippen LogP contribution in [0.2, 0.25) is 0 Å². The molecule has 1 aliphatic heterocycles. The Labute approximate surface area is 95.0 Å². The Morgan fingerprint density at radius 1 is 1.44 bits per heavy atom. The second-order valence-electron chi connectivity index (χ2n) is 4.35. The number of amides is 1. The van der Waals surface area contributed by atoms with Gasteiger partial charge in [-0.1, -0.05) is 30.3 Å². The number of hydrogen-bond donors (Lipinski definition) is 2. The maximum absolute atomic E-state index is 11.5. The van der Waals surface area contributed by atoms with E-state index in [0.29, 0.717) is 6.61 Å². The zero-order valence-corrected chi connectivity index (χ0v) is 9.32. The van der Waals surface area contributed by atoms with E-state index < -0.39 is 0 Å². The Balaban J connectivity index is 1.76. The molecule has 16 heavy (non-hydrogen) atoms. The molecule has 0 spiro atoms. The van der Waals surface area contributed by atoms with Crippen LogP contribution >= 0.6 is 0 Å². The molecule has 4 heteroatoms. The van der Waals surface area contributed by atoms with Gasteiger partial charge in [-0.05, 0) is 12.5 Å². The number of benzene rings is 1. The van der Waals surface area contributed by atoms with Crippen LogP contribution in [0.5, 0.6) is 0 Å². The Morgan fingerprint density at radius 3 is 2.69 bits per heavy atom. The van der Waals surface area contributed by atoms with Crippen LogP contribution in [0.4, 0.5) is 4.79 Å². The SMILES string of the molecule is CC1(NC(=O)OCc2ccccc2)CNC1. The Bertz CT molecular complexity index is 361. The summed E-state index contributed by atoms with van der Waals surface area (Å²) in [5.41, 5.74) is 0.850. The van der Waals surface area contributed by atoms with Crippen LogP contribution in [0.15, 0.2) is 30.3 Å². The van der Waals surface area contributed by atoms with Gasteiger partial charge >= 0.3 is 6.09 Å². The summed E-state index contributed by atoms with van der Waals surface area (Å²) in [6.07, 6.45) is -0.354. The molecule has 0 aromatic heterocycles. The summed E-state index contributed by atoms with van der Waals surface area (Å²) in [6.45, 7) is 3.91. The van der Waals surface area contributed by atoms with Crippen molar-refractivity contribution in [3.8, 4) is 0 Å². The lowest BCUT2D eigenvalue weighted by molar-refractivity contribution is 0.118. The average Bonchev–Trinajstić information content (AvgIpc) is 2.26. The average molecular weight is 220 g/mol. The van der Waals surface area contributed by atoms with Gasteiger partial charge < -0.3 is 15.4 Å². The van der Waals surface area contributed by atoms with Crippen LogP contribution in [0.1, 0.15) is 12.5 Å². The summed E-state index contributed by atoms with van der Waals surface area (Å²) in [5, 5.41) is 5.95. The van der Waals surface area contributed by atoms with Gasteiger partial charge in [0.15, 0.2) is 0 Å². The summed E-state index contributed by atoms with van der Waals surface area (Å²) in [7, 11) is 0. The molecule has 0 bridgehead atoms. The maximum atomic E-state index is 11.5. The minimum atomic E-state index is -0.354. The summed E-state index contributed by atoms with van der Waals surface area (Å²) >= 11 is 0. The first-order chi connectivity index (χ1) is 7.68. The monoisotopic (exact) mass is 220 g/mol. The molecule has 0 unspecified atom stereocenters. The third-order valence-corrected chi connectivity index (χ3v) is 2.65. The van der Waals surface area contributed by atoms with E-state index in [1.165, 1.54) is 0 Å². The minimum absolute atomic E-state index is 0.145. The lowest BCUT2D eigenvalue weighted by Crippen LogP contribution is -2.67. The third kappa shape index (κ3) is 2.73. The Hall–Kier alpha value is -1.55. The highest BCUT2D eigenvalue weighted by Gasteiger charge is 2.33. The summed E-state index contributed by atoms with van der Waals surface area (Å²) in [6, 6.07) is 9.64. The molecule has 1 saturated heterocycles. The number of nitrogens with one attached hydrogen (secondary N) is 2. The molecule has 4 nitrogen and oxygen atoms in total. The van der Waals surface area contributed by atoms with Crippen molar-refractivity contribution >= 4 is 6.09 Å². The molecule has 1 aliphatic rings. The predicted octanol–water partition coefficient (Wildman–Crippen LogP) is 1.27. The molecule has 2 rings (SSSR count). The van der Waals surface area contributed by atoms with E-state index in [1.807, 2.05) is 37.3 Å². The maximum Gasteiger partial charge on any atom is 0.407 e. The van der Waals surface area contributed by atoms with Crippen molar-refractivity contribution < 1.29 is 9.53 Å². The number of rotatable bonds is 3. The van der Waals surface area contributed by atoms with Gasteiger partial charge in [-0.25, -0.2) is 4.79 Å². The highest BCUT2D eigenvalue weighted by Crippen LogP contribution is 2.09. The molecule has 0 saturated carbocycles. The van der Waals surface area contributed by atoms with Crippen LogP contribution < -0.4 is 10.6 Å². The van der Waals surface area contributed by atoms with Crippen LogP contribution in [-0.2, 0) is 11.3 Å². The minimum Gasteiger partial charge on any atom is -0.445 e. The van der Waals surface area contributed by atoms with Crippen molar-refractivity contribution in [2.45, 2.75) is 19.1 Å². The van der Waals surface area contributed by atoms with Gasteiger partial charge in [0.25, 0.3) is 0 Å². The molecule has 1 aromatic rings. The molecule has 1 fully saturated rings. The van der Waals surface area contributed by atoms with Gasteiger partial charge in [-0.15, -0.1) is 0 Å². The first kappa shape index (κ1) is 11.0. The van der Waals surface area contributed by atoms with Crippen LogP contribution in [-0.4, -0.2) is 24.7 Å². The van der Waals surface area contributed by atoms with Crippen molar-refractivity contribution in [2.24, 2.45) is 0 Å². The topological polar surface area (TPSA) is 50.4 Å². The molecular formula is C12H16N2O2. The Morgan fingerprint density at radius 2 is 2.12 bits per heavy atom. The largest absolute Gasteiger partial charge is 0.445 e. The normalized spacial score (nSPS) is 17.3. The van der Waals surface area contributed by atoms with E-state index >= 15 is 0 Å². The van der Waals surface area contributed by atoms with Gasteiger partial charge in [0.1, 0.15) is 6.61 Å². The van der Waals surface area contributed by atoms with Gasteiger partial charge in [0.2, 0.25) is 0 Å². The fourth-order valence-electron chi connectivity index (χ4n) is 1.59. The Kier molecular flexibility index (Phi) is 3.10. The second kappa shape index (κ2) is 4.53. The van der Waals surface area contributed by atoms with E-state index in [1.54, 1.807) is 0 Å². The smallest absolute Gasteiger partial charge is 0.407 e. The van der Waals surface area contributed by atoms with Gasteiger partial charge in [-0.3, -0.25) is 0 Å². The van der Waals surface area contributed by atoms with Crippen molar-refractivity contribution in [3.05, 3.63) is 35.9 Å². The number of carbonyl (C=O) groups excluding carboxylic acids is 1. The van der Waals surface area contributed by atoms with Crippen molar-refractivity contribution in [1.82, 2.24) is 10.6 Å². The number of hydrogen-bond acceptors (Lipinski definition) is 3. The zero-order chi connectivity index (χ0) is 11.4. The number of carbonyl (C=O) groups is 1. The summed E-state index contributed by atoms with van der Waals surface area (Å²) < 4.78 is 5.12. The first-order valence-corrected chi connectivity index (χ1v) is 5.38. The lowest BCUT2D eigenvalue weighted by atomic mass is 9.96. The van der Waals surface area contributed by atoms with Crippen molar-refractivity contribution in [2.75, 3.05) is 13.1 Å². The van der Waals surface area contributed by atoms with Crippen LogP contribution in [0.3, 0.4) is 0 Å². The lowest BCUT2D eigenvalue weighted by Gasteiger charge is -2.39. The molecular weight excluding hydrogens is 204 g/mol. The summed E-state index contributed by atoms with van der Waals surface area (Å²) in [5.74, 6) is 0. The van der Waals surface area contributed by atoms with Gasteiger partial charge in [-0.2, -0.15) is 0 Å². The van der Waals surface area contributed by atoms with Crippen LogP contribution in [0.25, 0.3) is 0 Å². The fraction of sp³-hybridized carbons (Fsp3) is 0.417. The van der Waals surface area contributed by atoms with Crippen LogP contribution in [0, 0.1) is 0 Å². The van der Waals surface area contributed by atoms with Gasteiger partial charge in [0.05, 0.1) is 5.54 Å². The predicted molar refractivity (Wildman–Crippen MR) is 61.0 cm³/mol. The molecule has 1 aromatic carbocycles. The second-order valence-corrected chi connectivity index (χ2v) is 4.35. The highest BCUT2D eigenvalue weighted by atomic mass is 16.5. The molecule has 0 aliphatic carbocycles. The third-order valence-electron chi connectivity index (χ3n) is 2.65.